The molecule has 1 heterocycles. The van der Waals surface area contributed by atoms with E-state index in [1.165, 1.54) is 12.8 Å². The topological polar surface area (TPSA) is 38.8 Å². The summed E-state index contributed by atoms with van der Waals surface area (Å²) in [7, 11) is 0. The van der Waals surface area contributed by atoms with Crippen LogP contribution < -0.4 is 0 Å². The summed E-state index contributed by atoms with van der Waals surface area (Å²) < 4.78 is 11.3. The third-order valence-electron chi connectivity index (χ3n) is 6.36. The van der Waals surface area contributed by atoms with Crippen LogP contribution in [0, 0.1) is 35.5 Å². The van der Waals surface area contributed by atoms with Crippen molar-refractivity contribution in [1.82, 2.24) is 0 Å². The molecule has 0 radical (unpaired) electrons. The Hall–Kier alpha value is -0.570. The van der Waals surface area contributed by atoms with E-state index >= 15 is 0 Å². The minimum atomic E-state index is 0.0777. The summed E-state index contributed by atoms with van der Waals surface area (Å²) >= 11 is 0. The molecule has 112 valence electrons. The van der Waals surface area contributed by atoms with Crippen LogP contribution >= 0.6 is 0 Å². The first-order chi connectivity index (χ1) is 9.61. The second-order valence-electron chi connectivity index (χ2n) is 7.86. The lowest BCUT2D eigenvalue weighted by Gasteiger charge is -2.29. The van der Waals surface area contributed by atoms with E-state index in [2.05, 4.69) is 13.8 Å². The van der Waals surface area contributed by atoms with E-state index < -0.39 is 0 Å². The van der Waals surface area contributed by atoms with Crippen LogP contribution in [0.5, 0.6) is 0 Å². The number of ether oxygens (including phenoxy) is 2. The van der Waals surface area contributed by atoms with E-state index in [-0.39, 0.29) is 11.9 Å². The lowest BCUT2D eigenvalue weighted by Crippen LogP contribution is -2.32. The van der Waals surface area contributed by atoms with Gasteiger partial charge in [0.05, 0.1) is 24.7 Å². The summed E-state index contributed by atoms with van der Waals surface area (Å²) in [4.78, 5) is 12.4. The zero-order valence-corrected chi connectivity index (χ0v) is 12.6. The zero-order chi connectivity index (χ0) is 13.9. The molecule has 3 nitrogen and oxygen atoms in total. The Labute approximate surface area is 121 Å². The van der Waals surface area contributed by atoms with E-state index in [9.17, 15) is 4.79 Å². The van der Waals surface area contributed by atoms with Crippen molar-refractivity contribution < 1.29 is 14.3 Å². The van der Waals surface area contributed by atoms with Crippen LogP contribution in [0.4, 0.5) is 0 Å². The predicted octanol–water partition coefficient (Wildman–Crippen LogP) is 3.03. The molecule has 4 fully saturated rings. The fourth-order valence-electron chi connectivity index (χ4n) is 4.63. The van der Waals surface area contributed by atoms with Crippen LogP contribution in [-0.4, -0.2) is 24.8 Å². The molecule has 1 saturated heterocycles. The first-order valence-corrected chi connectivity index (χ1v) is 8.44. The fourth-order valence-corrected chi connectivity index (χ4v) is 4.63. The number of fused-ring (bicyclic) bond motifs is 2. The van der Waals surface area contributed by atoms with E-state index in [0.717, 1.165) is 31.1 Å². The number of carbonyl (C=O) groups is 1. The number of carbonyl (C=O) groups excluding carboxylic acids is 1. The summed E-state index contributed by atoms with van der Waals surface area (Å²) in [5, 5.41) is 0. The largest absolute Gasteiger partial charge is 0.465 e. The average Bonchev–Trinajstić information content (AvgIpc) is 3.29. The standard InChI is InChI=1S/C17H26O3/c1-9-4-15-16(20-15)7-13(9)8-19-17(18)14-6-12-5-11(12)3-10(14)2/h9-16H,3-8H2,1-2H3. The van der Waals surface area contributed by atoms with Gasteiger partial charge in [-0.25, -0.2) is 0 Å². The van der Waals surface area contributed by atoms with Crippen molar-refractivity contribution in [3.05, 3.63) is 0 Å². The fraction of sp³-hybridized carbons (Fsp3) is 0.941. The molecule has 0 aromatic carbocycles. The summed E-state index contributed by atoms with van der Waals surface area (Å²) in [5.74, 6) is 3.66. The first-order valence-electron chi connectivity index (χ1n) is 8.44. The summed E-state index contributed by atoms with van der Waals surface area (Å²) in [6.07, 6.45) is 6.90. The molecular formula is C17H26O3. The Morgan fingerprint density at radius 3 is 2.60 bits per heavy atom. The minimum Gasteiger partial charge on any atom is -0.465 e. The highest BCUT2D eigenvalue weighted by atomic mass is 16.6. The van der Waals surface area contributed by atoms with Gasteiger partial charge >= 0.3 is 5.97 Å². The number of epoxide rings is 1. The molecule has 8 atom stereocenters. The van der Waals surface area contributed by atoms with Gasteiger partial charge in [-0.05, 0) is 61.7 Å². The molecule has 0 aromatic rings. The highest BCUT2D eigenvalue weighted by Crippen LogP contribution is 2.53. The van der Waals surface area contributed by atoms with Gasteiger partial charge in [-0.2, -0.15) is 0 Å². The van der Waals surface area contributed by atoms with Crippen molar-refractivity contribution in [1.29, 1.82) is 0 Å². The highest BCUT2D eigenvalue weighted by molar-refractivity contribution is 5.73. The number of hydrogen-bond acceptors (Lipinski definition) is 3. The van der Waals surface area contributed by atoms with Gasteiger partial charge in [0.1, 0.15) is 0 Å². The second-order valence-corrected chi connectivity index (χ2v) is 7.86. The summed E-state index contributed by atoms with van der Waals surface area (Å²) in [6, 6.07) is 0. The van der Waals surface area contributed by atoms with Gasteiger partial charge in [0.2, 0.25) is 0 Å². The first kappa shape index (κ1) is 13.1. The molecule has 3 heteroatoms. The van der Waals surface area contributed by atoms with E-state index in [4.69, 9.17) is 9.47 Å². The average molecular weight is 278 g/mol. The molecule has 3 aliphatic carbocycles. The Morgan fingerprint density at radius 1 is 1.00 bits per heavy atom. The van der Waals surface area contributed by atoms with Gasteiger partial charge in [0.15, 0.2) is 0 Å². The van der Waals surface area contributed by atoms with E-state index in [1.54, 1.807) is 0 Å². The number of esters is 1. The van der Waals surface area contributed by atoms with Gasteiger partial charge in [-0.3, -0.25) is 4.79 Å². The Morgan fingerprint density at radius 2 is 1.75 bits per heavy atom. The summed E-state index contributed by atoms with van der Waals surface area (Å²) in [5.41, 5.74) is 0. The smallest absolute Gasteiger partial charge is 0.309 e. The SMILES string of the molecule is CC1CC2OC2CC1COC(=O)C1CC2CC2CC1C. The van der Waals surface area contributed by atoms with Crippen molar-refractivity contribution in [2.75, 3.05) is 6.61 Å². The van der Waals surface area contributed by atoms with E-state index in [1.807, 2.05) is 0 Å². The Kier molecular flexibility index (Phi) is 3.10. The molecule has 0 spiro atoms. The zero-order valence-electron chi connectivity index (χ0n) is 12.6. The Balaban J connectivity index is 1.29. The lowest BCUT2D eigenvalue weighted by atomic mass is 9.80. The van der Waals surface area contributed by atoms with Crippen LogP contribution in [0.15, 0.2) is 0 Å². The van der Waals surface area contributed by atoms with Crippen LogP contribution in [0.2, 0.25) is 0 Å². The predicted molar refractivity (Wildman–Crippen MR) is 75.0 cm³/mol. The van der Waals surface area contributed by atoms with Crippen molar-refractivity contribution in [2.45, 2.75) is 58.2 Å². The quantitative estimate of drug-likeness (QED) is 0.588. The molecule has 20 heavy (non-hydrogen) atoms. The van der Waals surface area contributed by atoms with Crippen LogP contribution in [0.1, 0.15) is 46.0 Å². The van der Waals surface area contributed by atoms with Crippen LogP contribution in [0.3, 0.4) is 0 Å². The Bertz CT molecular complexity index is 407. The molecule has 0 aromatic heterocycles. The minimum absolute atomic E-state index is 0.0777. The molecule has 4 rings (SSSR count). The van der Waals surface area contributed by atoms with Gasteiger partial charge in [0, 0.05) is 0 Å². The molecule has 8 unspecified atom stereocenters. The van der Waals surface area contributed by atoms with Gasteiger partial charge in [0.25, 0.3) is 0 Å². The molecule has 0 N–H and O–H groups in total. The normalized spacial score (nSPS) is 52.7. The molecule has 4 aliphatic rings. The second kappa shape index (κ2) is 4.72. The molecule has 1 aliphatic heterocycles. The number of rotatable bonds is 3. The maximum atomic E-state index is 12.4. The number of hydrogen-bond donors (Lipinski definition) is 0. The third kappa shape index (κ3) is 2.38. The molecule has 0 amide bonds. The monoisotopic (exact) mass is 278 g/mol. The summed E-state index contributed by atoms with van der Waals surface area (Å²) in [6.45, 7) is 5.12. The highest BCUT2D eigenvalue weighted by Gasteiger charge is 2.49. The lowest BCUT2D eigenvalue weighted by molar-refractivity contribution is -0.153. The van der Waals surface area contributed by atoms with Crippen molar-refractivity contribution in [3.63, 3.8) is 0 Å². The maximum absolute atomic E-state index is 12.4. The van der Waals surface area contributed by atoms with Crippen molar-refractivity contribution in [2.24, 2.45) is 35.5 Å². The van der Waals surface area contributed by atoms with Gasteiger partial charge in [-0.15, -0.1) is 0 Å². The van der Waals surface area contributed by atoms with Gasteiger partial charge in [-0.1, -0.05) is 13.8 Å². The third-order valence-corrected chi connectivity index (χ3v) is 6.36. The maximum Gasteiger partial charge on any atom is 0.309 e. The van der Waals surface area contributed by atoms with Gasteiger partial charge < -0.3 is 9.47 Å². The molecular weight excluding hydrogens is 252 g/mol. The van der Waals surface area contributed by atoms with E-state index in [0.29, 0.717) is 36.6 Å². The van der Waals surface area contributed by atoms with Crippen molar-refractivity contribution >= 4 is 5.97 Å². The van der Waals surface area contributed by atoms with Crippen LogP contribution in [0.25, 0.3) is 0 Å². The molecule has 3 saturated carbocycles. The van der Waals surface area contributed by atoms with Crippen LogP contribution in [-0.2, 0) is 14.3 Å². The molecule has 0 bridgehead atoms. The van der Waals surface area contributed by atoms with Crippen molar-refractivity contribution in [3.8, 4) is 0 Å².